The van der Waals surface area contributed by atoms with Gasteiger partial charge in [0.25, 0.3) is 0 Å². The van der Waals surface area contributed by atoms with E-state index in [1.54, 1.807) is 24.5 Å². The summed E-state index contributed by atoms with van der Waals surface area (Å²) in [5, 5.41) is 0. The lowest BCUT2D eigenvalue weighted by molar-refractivity contribution is 0.0600. The Bertz CT molecular complexity index is 543. The molecule has 2 aromatic rings. The second-order valence-electron chi connectivity index (χ2n) is 3.28. The molecule has 2 heterocycles. The molecule has 0 aliphatic heterocycles. The molecule has 17 heavy (non-hydrogen) atoms. The van der Waals surface area contributed by atoms with Gasteiger partial charge in [-0.15, -0.1) is 0 Å². The van der Waals surface area contributed by atoms with Gasteiger partial charge in [0, 0.05) is 18.0 Å². The smallest absolute Gasteiger partial charge is 0.340 e. The van der Waals surface area contributed by atoms with Crippen molar-refractivity contribution in [2.45, 2.75) is 0 Å². The van der Waals surface area contributed by atoms with E-state index in [9.17, 15) is 9.18 Å². The summed E-state index contributed by atoms with van der Waals surface area (Å²) in [7, 11) is 1.24. The molecule has 0 unspecified atom stereocenters. The first kappa shape index (κ1) is 11.2. The Morgan fingerprint density at radius 3 is 2.71 bits per heavy atom. The maximum absolute atomic E-state index is 13.1. The number of esters is 1. The van der Waals surface area contributed by atoms with E-state index in [1.165, 1.54) is 7.11 Å². The Morgan fingerprint density at radius 1 is 1.35 bits per heavy atom. The van der Waals surface area contributed by atoms with Crippen LogP contribution in [-0.2, 0) is 4.74 Å². The Labute approximate surface area is 97.1 Å². The number of halogens is 1. The highest BCUT2D eigenvalue weighted by atomic mass is 19.1. The number of carbonyl (C=O) groups is 1. The first-order chi connectivity index (χ1) is 8.22. The second kappa shape index (κ2) is 4.69. The Morgan fingerprint density at radius 2 is 2.06 bits per heavy atom. The van der Waals surface area contributed by atoms with Gasteiger partial charge < -0.3 is 4.74 Å². The van der Waals surface area contributed by atoms with Gasteiger partial charge in [0.15, 0.2) is 0 Å². The number of methoxy groups -OCH3 is 1. The van der Waals surface area contributed by atoms with Crippen molar-refractivity contribution in [1.82, 2.24) is 9.97 Å². The summed E-state index contributed by atoms with van der Waals surface area (Å²) in [6.07, 6.45) is 4.20. The fraction of sp³-hybridized carbons (Fsp3) is 0.0833. The maximum Gasteiger partial charge on any atom is 0.340 e. The lowest BCUT2D eigenvalue weighted by Gasteiger charge is -2.06. The lowest BCUT2D eigenvalue weighted by Crippen LogP contribution is -2.06. The minimum Gasteiger partial charge on any atom is -0.465 e. The van der Waals surface area contributed by atoms with Crippen LogP contribution in [0, 0.1) is 5.82 Å². The molecular formula is C12H9FN2O2. The minimum atomic E-state index is -0.621. The average molecular weight is 232 g/mol. The van der Waals surface area contributed by atoms with Crippen LogP contribution in [0.2, 0.25) is 0 Å². The summed E-state index contributed by atoms with van der Waals surface area (Å²) in [5.74, 6) is -1.20. The monoisotopic (exact) mass is 232 g/mol. The first-order valence-corrected chi connectivity index (χ1v) is 4.86. The molecule has 0 saturated carbocycles. The number of rotatable bonds is 2. The van der Waals surface area contributed by atoms with Crippen molar-refractivity contribution in [1.29, 1.82) is 0 Å². The molecule has 0 radical (unpaired) electrons. The molecule has 0 aromatic carbocycles. The van der Waals surface area contributed by atoms with Gasteiger partial charge in [0.2, 0.25) is 0 Å². The van der Waals surface area contributed by atoms with Crippen LogP contribution in [-0.4, -0.2) is 23.0 Å². The fourth-order valence-corrected chi connectivity index (χ4v) is 1.44. The number of nitrogens with zero attached hydrogens (tertiary/aromatic N) is 2. The van der Waals surface area contributed by atoms with Gasteiger partial charge >= 0.3 is 5.97 Å². The molecule has 4 nitrogen and oxygen atoms in total. The molecule has 0 saturated heterocycles. The Balaban J connectivity index is 2.58. The summed E-state index contributed by atoms with van der Waals surface area (Å²) in [5.41, 5.74) is 1.15. The second-order valence-corrected chi connectivity index (χ2v) is 3.28. The summed E-state index contributed by atoms with van der Waals surface area (Å²) < 4.78 is 17.7. The third-order valence-electron chi connectivity index (χ3n) is 2.21. The molecule has 0 bridgehead atoms. The number of pyridine rings is 2. The number of ether oxygens (including phenoxy) is 1. The Hall–Kier alpha value is -2.30. The van der Waals surface area contributed by atoms with Crippen molar-refractivity contribution in [3.05, 3.63) is 48.2 Å². The predicted octanol–water partition coefficient (Wildman–Crippen LogP) is 2.07. The Kier molecular flexibility index (Phi) is 3.09. The van der Waals surface area contributed by atoms with E-state index in [4.69, 9.17) is 0 Å². The summed E-state index contributed by atoms with van der Waals surface area (Å²) in [6.45, 7) is 0. The van der Waals surface area contributed by atoms with Crippen molar-refractivity contribution in [3.63, 3.8) is 0 Å². The number of aromatic nitrogens is 2. The fourth-order valence-electron chi connectivity index (χ4n) is 1.44. The average Bonchev–Trinajstić information content (AvgIpc) is 2.38. The molecule has 5 heteroatoms. The van der Waals surface area contributed by atoms with Crippen LogP contribution in [0.4, 0.5) is 4.39 Å². The zero-order valence-electron chi connectivity index (χ0n) is 9.05. The van der Waals surface area contributed by atoms with E-state index >= 15 is 0 Å². The molecule has 0 N–H and O–H groups in total. The first-order valence-electron chi connectivity index (χ1n) is 4.86. The van der Waals surface area contributed by atoms with E-state index in [-0.39, 0.29) is 5.56 Å². The van der Waals surface area contributed by atoms with Crippen LogP contribution < -0.4 is 0 Å². The highest BCUT2D eigenvalue weighted by molar-refractivity contribution is 5.95. The molecule has 0 fully saturated rings. The van der Waals surface area contributed by atoms with Crippen LogP contribution in [0.1, 0.15) is 10.4 Å². The normalized spacial score (nSPS) is 10.0. The summed E-state index contributed by atoms with van der Waals surface area (Å²) in [4.78, 5) is 19.3. The maximum atomic E-state index is 13.1. The summed E-state index contributed by atoms with van der Waals surface area (Å²) in [6, 6.07) is 4.48. The summed E-state index contributed by atoms with van der Waals surface area (Å²) >= 11 is 0. The van der Waals surface area contributed by atoms with Crippen molar-refractivity contribution in [2.75, 3.05) is 7.11 Å². The third-order valence-corrected chi connectivity index (χ3v) is 2.21. The van der Waals surface area contributed by atoms with Crippen molar-refractivity contribution in [2.24, 2.45) is 0 Å². The van der Waals surface area contributed by atoms with Crippen LogP contribution in [0.5, 0.6) is 0 Å². The van der Waals surface area contributed by atoms with Crippen LogP contribution in [0.15, 0.2) is 36.8 Å². The van der Waals surface area contributed by atoms with Gasteiger partial charge in [-0.25, -0.2) is 9.18 Å². The standard InChI is InChI=1S/C12H9FN2O2/c1-17-12(16)10-6-9(13)7-15-11(10)8-2-4-14-5-3-8/h2-7H,1H3. The number of hydrogen-bond acceptors (Lipinski definition) is 4. The van der Waals surface area contributed by atoms with E-state index in [1.807, 2.05) is 0 Å². The zero-order valence-corrected chi connectivity index (χ0v) is 9.05. The minimum absolute atomic E-state index is 0.0960. The van der Waals surface area contributed by atoms with Crippen molar-refractivity contribution < 1.29 is 13.9 Å². The van der Waals surface area contributed by atoms with Crippen molar-refractivity contribution in [3.8, 4) is 11.3 Å². The SMILES string of the molecule is COC(=O)c1cc(F)cnc1-c1ccncc1. The van der Waals surface area contributed by atoms with Crippen LogP contribution in [0.25, 0.3) is 11.3 Å². The lowest BCUT2D eigenvalue weighted by atomic mass is 10.1. The van der Waals surface area contributed by atoms with Crippen molar-refractivity contribution >= 4 is 5.97 Å². The van der Waals surface area contributed by atoms with E-state index in [0.29, 0.717) is 11.3 Å². The van der Waals surface area contributed by atoms with E-state index in [2.05, 4.69) is 14.7 Å². The van der Waals surface area contributed by atoms with Gasteiger partial charge in [-0.2, -0.15) is 0 Å². The van der Waals surface area contributed by atoms with Crippen LogP contribution in [0.3, 0.4) is 0 Å². The zero-order chi connectivity index (χ0) is 12.3. The van der Waals surface area contributed by atoms with Gasteiger partial charge in [-0.1, -0.05) is 0 Å². The van der Waals surface area contributed by atoms with E-state index in [0.717, 1.165) is 12.3 Å². The van der Waals surface area contributed by atoms with Gasteiger partial charge in [-0.3, -0.25) is 9.97 Å². The molecule has 0 aliphatic rings. The number of hydrogen-bond donors (Lipinski definition) is 0. The van der Waals surface area contributed by atoms with Crippen LogP contribution >= 0.6 is 0 Å². The molecule has 0 amide bonds. The molecule has 0 aliphatic carbocycles. The van der Waals surface area contributed by atoms with Gasteiger partial charge in [-0.05, 0) is 18.2 Å². The molecule has 0 atom stereocenters. The number of carbonyl (C=O) groups excluding carboxylic acids is 1. The van der Waals surface area contributed by atoms with Gasteiger partial charge in [0.1, 0.15) is 5.82 Å². The molecule has 2 rings (SSSR count). The molecule has 0 spiro atoms. The highest BCUT2D eigenvalue weighted by Gasteiger charge is 2.15. The molecule has 2 aromatic heterocycles. The highest BCUT2D eigenvalue weighted by Crippen LogP contribution is 2.21. The third kappa shape index (κ3) is 2.28. The largest absolute Gasteiger partial charge is 0.465 e. The van der Waals surface area contributed by atoms with Gasteiger partial charge in [0.05, 0.1) is 24.6 Å². The van der Waals surface area contributed by atoms with E-state index < -0.39 is 11.8 Å². The molecular weight excluding hydrogens is 223 g/mol. The topological polar surface area (TPSA) is 52.1 Å². The molecule has 86 valence electrons. The predicted molar refractivity (Wildman–Crippen MR) is 58.8 cm³/mol. The quantitative estimate of drug-likeness (QED) is 0.744.